The van der Waals surface area contributed by atoms with E-state index in [2.05, 4.69) is 12.2 Å². The first-order valence-electron chi connectivity index (χ1n) is 3.87. The molecule has 0 aliphatic rings. The molecule has 0 saturated carbocycles. The molecule has 0 aromatic carbocycles. The lowest BCUT2D eigenvalue weighted by atomic mass is 10.3. The van der Waals surface area contributed by atoms with Gasteiger partial charge in [0.25, 0.3) is 0 Å². The molecule has 1 unspecified atom stereocenters. The van der Waals surface area contributed by atoms with Crippen LogP contribution in [-0.4, -0.2) is 33.0 Å². The van der Waals surface area contributed by atoms with E-state index >= 15 is 0 Å². The van der Waals surface area contributed by atoms with Gasteiger partial charge in [0.15, 0.2) is 0 Å². The molecule has 0 heterocycles. The fourth-order valence-electron chi connectivity index (χ4n) is 0.904. The summed E-state index contributed by atoms with van der Waals surface area (Å²) < 4.78 is 21.5. The second kappa shape index (κ2) is 4.72. The SMILES string of the molecule is CCCNC(C)CS(C)(=O)=O. The summed E-state index contributed by atoms with van der Waals surface area (Å²) in [5, 5.41) is 3.11. The Morgan fingerprint density at radius 3 is 2.36 bits per heavy atom. The van der Waals surface area contributed by atoms with Gasteiger partial charge in [-0.2, -0.15) is 0 Å². The van der Waals surface area contributed by atoms with Crippen LogP contribution in [0.2, 0.25) is 0 Å². The fourth-order valence-corrected chi connectivity index (χ4v) is 1.93. The Kier molecular flexibility index (Phi) is 4.68. The van der Waals surface area contributed by atoms with Gasteiger partial charge in [-0.1, -0.05) is 6.92 Å². The quantitative estimate of drug-likeness (QED) is 0.665. The van der Waals surface area contributed by atoms with Crippen molar-refractivity contribution in [2.24, 2.45) is 0 Å². The Bertz CT molecular complexity index is 187. The molecule has 0 aromatic rings. The fraction of sp³-hybridized carbons (Fsp3) is 1.00. The number of rotatable bonds is 5. The lowest BCUT2D eigenvalue weighted by Gasteiger charge is -2.10. The lowest BCUT2D eigenvalue weighted by Crippen LogP contribution is -2.33. The molecule has 4 heteroatoms. The zero-order valence-electron chi connectivity index (χ0n) is 7.42. The van der Waals surface area contributed by atoms with E-state index in [9.17, 15) is 8.42 Å². The number of nitrogens with one attached hydrogen (secondary N) is 1. The maximum absolute atomic E-state index is 10.8. The van der Waals surface area contributed by atoms with E-state index in [4.69, 9.17) is 0 Å². The zero-order valence-corrected chi connectivity index (χ0v) is 8.24. The monoisotopic (exact) mass is 179 g/mol. The highest BCUT2D eigenvalue weighted by molar-refractivity contribution is 7.90. The van der Waals surface area contributed by atoms with Gasteiger partial charge in [0.05, 0.1) is 5.75 Å². The van der Waals surface area contributed by atoms with Gasteiger partial charge in [-0.05, 0) is 19.9 Å². The summed E-state index contributed by atoms with van der Waals surface area (Å²) in [6.07, 6.45) is 2.30. The van der Waals surface area contributed by atoms with Gasteiger partial charge in [0.1, 0.15) is 9.84 Å². The number of hydrogen-bond acceptors (Lipinski definition) is 3. The van der Waals surface area contributed by atoms with Gasteiger partial charge in [-0.3, -0.25) is 0 Å². The summed E-state index contributed by atoms with van der Waals surface area (Å²) in [7, 11) is -2.82. The summed E-state index contributed by atoms with van der Waals surface area (Å²) >= 11 is 0. The van der Waals surface area contributed by atoms with Crippen LogP contribution in [0.5, 0.6) is 0 Å². The summed E-state index contributed by atoms with van der Waals surface area (Å²) in [5.74, 6) is 0.229. The first-order chi connectivity index (χ1) is 4.95. The van der Waals surface area contributed by atoms with Crippen molar-refractivity contribution in [3.05, 3.63) is 0 Å². The van der Waals surface area contributed by atoms with E-state index in [0.29, 0.717) is 0 Å². The molecule has 0 radical (unpaired) electrons. The van der Waals surface area contributed by atoms with Crippen LogP contribution in [0.1, 0.15) is 20.3 Å². The summed E-state index contributed by atoms with van der Waals surface area (Å²) in [6, 6.07) is 0.0740. The molecule has 0 saturated heterocycles. The molecular weight excluding hydrogens is 162 g/mol. The van der Waals surface area contributed by atoms with Crippen LogP contribution in [-0.2, 0) is 9.84 Å². The lowest BCUT2D eigenvalue weighted by molar-refractivity contribution is 0.558. The van der Waals surface area contributed by atoms with Crippen molar-refractivity contribution >= 4 is 9.84 Å². The Morgan fingerprint density at radius 2 is 2.00 bits per heavy atom. The highest BCUT2D eigenvalue weighted by Crippen LogP contribution is 1.89. The van der Waals surface area contributed by atoms with E-state index in [1.807, 2.05) is 6.92 Å². The van der Waals surface area contributed by atoms with Crippen molar-refractivity contribution < 1.29 is 8.42 Å². The van der Waals surface area contributed by atoms with Crippen molar-refractivity contribution in [3.8, 4) is 0 Å². The molecule has 68 valence electrons. The van der Waals surface area contributed by atoms with Crippen LogP contribution in [0.4, 0.5) is 0 Å². The molecule has 11 heavy (non-hydrogen) atoms. The van der Waals surface area contributed by atoms with Gasteiger partial charge in [0, 0.05) is 12.3 Å². The summed E-state index contributed by atoms with van der Waals surface area (Å²) in [5.41, 5.74) is 0. The Hall–Kier alpha value is -0.0900. The van der Waals surface area contributed by atoms with E-state index in [-0.39, 0.29) is 11.8 Å². The molecule has 0 aliphatic heterocycles. The third-order valence-electron chi connectivity index (χ3n) is 1.30. The van der Waals surface area contributed by atoms with Crippen molar-refractivity contribution in [2.45, 2.75) is 26.3 Å². The molecule has 0 amide bonds. The number of hydrogen-bond donors (Lipinski definition) is 1. The first kappa shape index (κ1) is 10.9. The molecular formula is C7H17NO2S. The maximum Gasteiger partial charge on any atom is 0.148 e. The van der Waals surface area contributed by atoms with Crippen LogP contribution < -0.4 is 5.32 Å². The summed E-state index contributed by atoms with van der Waals surface area (Å²) in [4.78, 5) is 0. The standard InChI is InChI=1S/C7H17NO2S/c1-4-5-8-7(2)6-11(3,9)10/h7-8H,4-6H2,1-3H3. The van der Waals surface area contributed by atoms with Crippen LogP contribution in [0.25, 0.3) is 0 Å². The maximum atomic E-state index is 10.8. The van der Waals surface area contributed by atoms with E-state index in [0.717, 1.165) is 13.0 Å². The van der Waals surface area contributed by atoms with Crippen LogP contribution >= 0.6 is 0 Å². The Morgan fingerprint density at radius 1 is 1.45 bits per heavy atom. The van der Waals surface area contributed by atoms with E-state index in [1.54, 1.807) is 0 Å². The van der Waals surface area contributed by atoms with Gasteiger partial charge < -0.3 is 5.32 Å². The second-order valence-corrected chi connectivity index (χ2v) is 5.13. The summed E-state index contributed by atoms with van der Waals surface area (Å²) in [6.45, 7) is 4.83. The molecule has 0 bridgehead atoms. The first-order valence-corrected chi connectivity index (χ1v) is 5.93. The molecule has 0 fully saturated rings. The highest BCUT2D eigenvalue weighted by atomic mass is 32.2. The van der Waals surface area contributed by atoms with Crippen LogP contribution in [0.3, 0.4) is 0 Å². The van der Waals surface area contributed by atoms with Gasteiger partial charge in [-0.25, -0.2) is 8.42 Å². The normalized spacial score (nSPS) is 14.8. The van der Waals surface area contributed by atoms with Crippen LogP contribution in [0, 0.1) is 0 Å². The molecule has 1 atom stereocenters. The molecule has 1 N–H and O–H groups in total. The topological polar surface area (TPSA) is 46.2 Å². The predicted octanol–water partition coefficient (Wildman–Crippen LogP) is 0.419. The molecule has 3 nitrogen and oxygen atoms in total. The highest BCUT2D eigenvalue weighted by Gasteiger charge is 2.08. The van der Waals surface area contributed by atoms with Crippen molar-refractivity contribution in [3.63, 3.8) is 0 Å². The third kappa shape index (κ3) is 7.81. The Labute approximate surface area is 69.1 Å². The molecule has 0 aliphatic carbocycles. The number of sulfone groups is 1. The minimum absolute atomic E-state index is 0.0740. The van der Waals surface area contributed by atoms with Gasteiger partial charge >= 0.3 is 0 Å². The van der Waals surface area contributed by atoms with E-state index < -0.39 is 9.84 Å². The third-order valence-corrected chi connectivity index (χ3v) is 2.40. The zero-order chi connectivity index (χ0) is 8.91. The largest absolute Gasteiger partial charge is 0.313 e. The van der Waals surface area contributed by atoms with Crippen LogP contribution in [0.15, 0.2) is 0 Å². The van der Waals surface area contributed by atoms with Crippen molar-refractivity contribution in [2.75, 3.05) is 18.6 Å². The second-order valence-electron chi connectivity index (χ2n) is 2.95. The minimum Gasteiger partial charge on any atom is -0.313 e. The van der Waals surface area contributed by atoms with Gasteiger partial charge in [-0.15, -0.1) is 0 Å². The van der Waals surface area contributed by atoms with Gasteiger partial charge in [0.2, 0.25) is 0 Å². The molecule has 0 rings (SSSR count). The average Bonchev–Trinajstić information content (AvgIpc) is 1.79. The predicted molar refractivity (Wildman–Crippen MR) is 47.5 cm³/mol. The molecule has 0 aromatic heterocycles. The van der Waals surface area contributed by atoms with Crippen molar-refractivity contribution in [1.29, 1.82) is 0 Å². The minimum atomic E-state index is -2.82. The smallest absolute Gasteiger partial charge is 0.148 e. The Balaban J connectivity index is 3.61. The molecule has 0 spiro atoms. The average molecular weight is 179 g/mol. The van der Waals surface area contributed by atoms with Crippen molar-refractivity contribution in [1.82, 2.24) is 5.32 Å². The van der Waals surface area contributed by atoms with E-state index in [1.165, 1.54) is 6.26 Å².